The number of hydrogen-bond donors (Lipinski definition) is 1. The van der Waals surface area contributed by atoms with Crippen LogP contribution in [0.4, 0.5) is 4.39 Å². The van der Waals surface area contributed by atoms with Gasteiger partial charge in [-0.15, -0.1) is 6.42 Å². The van der Waals surface area contributed by atoms with Gasteiger partial charge in [0.1, 0.15) is 5.83 Å². The van der Waals surface area contributed by atoms with Crippen LogP contribution in [0.1, 0.15) is 12.1 Å². The number of aromatic nitrogens is 2. The fraction of sp³-hybridized carbons (Fsp3) is 0.231. The molecule has 0 saturated heterocycles. The third kappa shape index (κ3) is 3.91. The first-order valence-corrected chi connectivity index (χ1v) is 5.32. The summed E-state index contributed by atoms with van der Waals surface area (Å²) in [6.07, 6.45) is 9.05. The van der Waals surface area contributed by atoms with E-state index in [1.807, 2.05) is 0 Å². The van der Waals surface area contributed by atoms with E-state index in [1.54, 1.807) is 6.92 Å². The zero-order chi connectivity index (χ0) is 13.5. The lowest BCUT2D eigenvalue weighted by Gasteiger charge is -2.07. The van der Waals surface area contributed by atoms with E-state index in [9.17, 15) is 14.0 Å². The summed E-state index contributed by atoms with van der Waals surface area (Å²) >= 11 is 0. The van der Waals surface area contributed by atoms with E-state index in [4.69, 9.17) is 6.42 Å². The largest absolute Gasteiger partial charge is 0.328 e. The van der Waals surface area contributed by atoms with Gasteiger partial charge in [-0.3, -0.25) is 14.3 Å². The van der Waals surface area contributed by atoms with E-state index in [0.717, 1.165) is 0 Å². The molecular weight excluding hydrogens is 235 g/mol. The van der Waals surface area contributed by atoms with Gasteiger partial charge in [0.2, 0.25) is 0 Å². The normalized spacial score (nSPS) is 11.7. The maximum atomic E-state index is 13.3. The minimum Gasteiger partial charge on any atom is -0.298 e. The molecule has 0 amide bonds. The summed E-state index contributed by atoms with van der Waals surface area (Å²) in [6.45, 7) is 1.78. The predicted octanol–water partition coefficient (Wildman–Crippen LogP) is 1.28. The summed E-state index contributed by atoms with van der Waals surface area (Å²) in [5.41, 5.74) is -0.496. The molecule has 0 unspecified atom stereocenters. The van der Waals surface area contributed by atoms with Crippen molar-refractivity contribution in [3.05, 3.63) is 56.7 Å². The molecule has 18 heavy (non-hydrogen) atoms. The van der Waals surface area contributed by atoms with Crippen LogP contribution in [0.25, 0.3) is 0 Å². The molecule has 5 heteroatoms. The fourth-order valence-corrected chi connectivity index (χ4v) is 1.42. The lowest BCUT2D eigenvalue weighted by molar-refractivity contribution is 0.530. The van der Waals surface area contributed by atoms with Crippen LogP contribution in [0, 0.1) is 19.3 Å². The number of terminal acetylenes is 1. The van der Waals surface area contributed by atoms with Gasteiger partial charge in [0.15, 0.2) is 0 Å². The Morgan fingerprint density at radius 2 is 2.33 bits per heavy atom. The Morgan fingerprint density at radius 3 is 2.94 bits per heavy atom. The molecule has 1 heterocycles. The molecule has 1 aromatic heterocycles. The van der Waals surface area contributed by atoms with Gasteiger partial charge in [0.25, 0.3) is 5.56 Å². The van der Waals surface area contributed by atoms with Crippen LogP contribution >= 0.6 is 0 Å². The molecule has 1 rings (SSSR count). The van der Waals surface area contributed by atoms with Crippen LogP contribution in [-0.2, 0) is 6.54 Å². The Labute approximate surface area is 103 Å². The van der Waals surface area contributed by atoms with E-state index >= 15 is 0 Å². The number of H-pyrrole nitrogens is 1. The van der Waals surface area contributed by atoms with Crippen molar-refractivity contribution in [3.63, 3.8) is 0 Å². The molecule has 0 saturated carbocycles. The Hall–Kier alpha value is -2.35. The molecule has 0 aliphatic carbocycles. The van der Waals surface area contributed by atoms with Gasteiger partial charge in [0, 0.05) is 24.7 Å². The molecule has 0 atom stereocenters. The highest BCUT2D eigenvalue weighted by Gasteiger charge is 2.03. The highest BCUT2D eigenvalue weighted by molar-refractivity contribution is 5.17. The van der Waals surface area contributed by atoms with Gasteiger partial charge in [0.05, 0.1) is 0 Å². The standard InChI is InChI=1S/C13H13FN2O2/c1-3-4-5-6-11(14)7-8-16-10(2)9-12(17)15-13(16)18/h1,4-6,9H,7-8H2,2H3,(H,15,17,18)/b5-4-,11-6+. The highest BCUT2D eigenvalue weighted by atomic mass is 19.1. The van der Waals surface area contributed by atoms with Gasteiger partial charge in [-0.25, -0.2) is 9.18 Å². The molecule has 0 bridgehead atoms. The molecule has 0 aliphatic rings. The third-order valence-electron chi connectivity index (χ3n) is 2.28. The van der Waals surface area contributed by atoms with Crippen molar-refractivity contribution in [2.45, 2.75) is 19.9 Å². The Balaban J connectivity index is 2.79. The Morgan fingerprint density at radius 1 is 1.61 bits per heavy atom. The number of aryl methyl sites for hydroxylation is 1. The Kier molecular flexibility index (Phi) is 4.88. The third-order valence-corrected chi connectivity index (χ3v) is 2.28. The van der Waals surface area contributed by atoms with E-state index in [-0.39, 0.29) is 18.8 Å². The second-order valence-corrected chi connectivity index (χ2v) is 3.62. The van der Waals surface area contributed by atoms with E-state index in [2.05, 4.69) is 10.9 Å². The number of nitrogens with zero attached hydrogens (tertiary/aromatic N) is 1. The molecule has 0 aromatic carbocycles. The maximum Gasteiger partial charge on any atom is 0.328 e. The summed E-state index contributed by atoms with van der Waals surface area (Å²) in [5.74, 6) is 1.84. The lowest BCUT2D eigenvalue weighted by atomic mass is 10.3. The maximum absolute atomic E-state index is 13.3. The quantitative estimate of drug-likeness (QED) is 0.644. The molecule has 94 valence electrons. The molecule has 4 nitrogen and oxygen atoms in total. The average Bonchev–Trinajstić information content (AvgIpc) is 2.27. The molecular formula is C13H13FN2O2. The fourth-order valence-electron chi connectivity index (χ4n) is 1.42. The first-order chi connectivity index (χ1) is 8.54. The summed E-state index contributed by atoms with van der Waals surface area (Å²) in [4.78, 5) is 24.6. The molecule has 0 fully saturated rings. The van der Waals surface area contributed by atoms with Crippen LogP contribution in [0.15, 0.2) is 39.7 Å². The number of allylic oxidation sites excluding steroid dienone is 4. The second kappa shape index (κ2) is 6.40. The zero-order valence-corrected chi connectivity index (χ0v) is 9.94. The molecule has 0 spiro atoms. The molecule has 0 aliphatic heterocycles. The van der Waals surface area contributed by atoms with Crippen molar-refractivity contribution in [2.75, 3.05) is 0 Å². The molecule has 0 radical (unpaired) electrons. The molecule has 1 aromatic rings. The van der Waals surface area contributed by atoms with E-state index in [0.29, 0.717) is 5.69 Å². The number of halogens is 1. The minimum absolute atomic E-state index is 0.0572. The number of rotatable bonds is 4. The van der Waals surface area contributed by atoms with Gasteiger partial charge in [-0.1, -0.05) is 12.0 Å². The predicted molar refractivity (Wildman–Crippen MR) is 67.8 cm³/mol. The Bertz CT molecular complexity index is 630. The van der Waals surface area contributed by atoms with E-state index < -0.39 is 11.2 Å². The van der Waals surface area contributed by atoms with Crippen LogP contribution in [0.3, 0.4) is 0 Å². The average molecular weight is 248 g/mol. The lowest BCUT2D eigenvalue weighted by Crippen LogP contribution is -2.31. The monoisotopic (exact) mass is 248 g/mol. The number of hydrogen-bond acceptors (Lipinski definition) is 2. The smallest absolute Gasteiger partial charge is 0.298 e. The number of aromatic amines is 1. The van der Waals surface area contributed by atoms with Gasteiger partial charge >= 0.3 is 5.69 Å². The minimum atomic E-state index is -0.535. The zero-order valence-electron chi connectivity index (χ0n) is 9.94. The van der Waals surface area contributed by atoms with E-state index in [1.165, 1.54) is 28.9 Å². The van der Waals surface area contributed by atoms with Crippen LogP contribution in [-0.4, -0.2) is 9.55 Å². The number of nitrogens with one attached hydrogen (secondary N) is 1. The topological polar surface area (TPSA) is 54.9 Å². The summed E-state index contributed by atoms with van der Waals surface area (Å²) < 4.78 is 14.6. The first-order valence-electron chi connectivity index (χ1n) is 5.32. The van der Waals surface area contributed by atoms with Crippen molar-refractivity contribution < 1.29 is 4.39 Å². The van der Waals surface area contributed by atoms with Gasteiger partial charge < -0.3 is 0 Å². The van der Waals surface area contributed by atoms with Gasteiger partial charge in [-0.05, 0) is 19.1 Å². The van der Waals surface area contributed by atoms with Crippen molar-refractivity contribution in [1.82, 2.24) is 9.55 Å². The van der Waals surface area contributed by atoms with Crippen molar-refractivity contribution in [3.8, 4) is 12.3 Å². The van der Waals surface area contributed by atoms with Crippen molar-refractivity contribution in [2.24, 2.45) is 0 Å². The van der Waals surface area contributed by atoms with Crippen LogP contribution in [0.5, 0.6) is 0 Å². The van der Waals surface area contributed by atoms with Crippen LogP contribution in [0.2, 0.25) is 0 Å². The molecule has 1 N–H and O–H groups in total. The van der Waals surface area contributed by atoms with Gasteiger partial charge in [-0.2, -0.15) is 0 Å². The van der Waals surface area contributed by atoms with Crippen molar-refractivity contribution >= 4 is 0 Å². The second-order valence-electron chi connectivity index (χ2n) is 3.62. The summed E-state index contributed by atoms with van der Waals surface area (Å²) in [5, 5.41) is 0. The summed E-state index contributed by atoms with van der Waals surface area (Å²) in [6, 6.07) is 1.29. The van der Waals surface area contributed by atoms with Crippen LogP contribution < -0.4 is 11.2 Å². The first kappa shape index (κ1) is 13.7. The summed E-state index contributed by atoms with van der Waals surface area (Å²) in [7, 11) is 0. The highest BCUT2D eigenvalue weighted by Crippen LogP contribution is 2.05. The van der Waals surface area contributed by atoms with Crippen molar-refractivity contribution in [1.29, 1.82) is 0 Å². The SMILES string of the molecule is C#C/C=C\C=C(\F)CCn1c(C)cc(=O)[nH]c1=O.